The van der Waals surface area contributed by atoms with Crippen LogP contribution in [0.1, 0.15) is 39.5 Å². The van der Waals surface area contributed by atoms with Crippen molar-refractivity contribution in [2.75, 3.05) is 13.2 Å². The SMILES string of the molecule is CC1(C)CCC(=O)CC1OC1CCOC1. The Bertz CT molecular complexity index is 241. The summed E-state index contributed by atoms with van der Waals surface area (Å²) in [7, 11) is 0. The van der Waals surface area contributed by atoms with Crippen molar-refractivity contribution in [3.8, 4) is 0 Å². The molecule has 1 saturated carbocycles. The molecule has 0 bridgehead atoms. The topological polar surface area (TPSA) is 35.5 Å². The van der Waals surface area contributed by atoms with Crippen molar-refractivity contribution in [1.82, 2.24) is 0 Å². The third kappa shape index (κ3) is 2.58. The van der Waals surface area contributed by atoms with E-state index in [-0.39, 0.29) is 17.6 Å². The molecule has 0 amide bonds. The molecule has 0 aromatic rings. The van der Waals surface area contributed by atoms with Crippen LogP contribution in [-0.4, -0.2) is 31.2 Å². The van der Waals surface area contributed by atoms with Crippen LogP contribution in [0.5, 0.6) is 0 Å². The molecule has 3 nitrogen and oxygen atoms in total. The smallest absolute Gasteiger partial charge is 0.135 e. The van der Waals surface area contributed by atoms with Crippen LogP contribution in [0.15, 0.2) is 0 Å². The fourth-order valence-corrected chi connectivity index (χ4v) is 2.29. The molecule has 2 aliphatic rings. The minimum atomic E-state index is 0.0884. The van der Waals surface area contributed by atoms with E-state index < -0.39 is 0 Å². The first-order valence-electron chi connectivity index (χ1n) is 5.83. The Morgan fingerprint density at radius 3 is 2.93 bits per heavy atom. The lowest BCUT2D eigenvalue weighted by Crippen LogP contribution is -2.41. The molecule has 0 aromatic carbocycles. The maximum Gasteiger partial charge on any atom is 0.135 e. The summed E-state index contributed by atoms with van der Waals surface area (Å²) in [5, 5.41) is 0. The number of Topliss-reactive ketones (excluding diaryl/α,β-unsaturated/α-hetero) is 1. The highest BCUT2D eigenvalue weighted by Gasteiger charge is 2.38. The van der Waals surface area contributed by atoms with Gasteiger partial charge >= 0.3 is 0 Å². The number of hydrogen-bond acceptors (Lipinski definition) is 3. The van der Waals surface area contributed by atoms with Crippen LogP contribution < -0.4 is 0 Å². The standard InChI is InChI=1S/C12H20O3/c1-12(2)5-3-9(13)7-11(12)15-10-4-6-14-8-10/h10-11H,3-8H2,1-2H3. The van der Waals surface area contributed by atoms with Gasteiger partial charge in [-0.15, -0.1) is 0 Å². The van der Waals surface area contributed by atoms with E-state index in [4.69, 9.17) is 9.47 Å². The molecular formula is C12H20O3. The van der Waals surface area contributed by atoms with Crippen molar-refractivity contribution in [1.29, 1.82) is 0 Å². The Morgan fingerprint density at radius 2 is 2.27 bits per heavy atom. The monoisotopic (exact) mass is 212 g/mol. The molecular weight excluding hydrogens is 192 g/mol. The third-order valence-electron chi connectivity index (χ3n) is 3.58. The van der Waals surface area contributed by atoms with Gasteiger partial charge in [0.15, 0.2) is 0 Å². The van der Waals surface area contributed by atoms with Gasteiger partial charge in [-0.2, -0.15) is 0 Å². The molecule has 1 aliphatic carbocycles. The summed E-state index contributed by atoms with van der Waals surface area (Å²) in [6.07, 6.45) is 3.52. The molecule has 2 atom stereocenters. The highest BCUT2D eigenvalue weighted by atomic mass is 16.6. The molecule has 1 saturated heterocycles. The minimum Gasteiger partial charge on any atom is -0.379 e. The van der Waals surface area contributed by atoms with Gasteiger partial charge in [0.2, 0.25) is 0 Å². The zero-order valence-electron chi connectivity index (χ0n) is 9.62. The predicted molar refractivity (Wildman–Crippen MR) is 56.7 cm³/mol. The summed E-state index contributed by atoms with van der Waals surface area (Å²) in [6, 6.07) is 0. The molecule has 0 spiro atoms. The van der Waals surface area contributed by atoms with Crippen molar-refractivity contribution in [3.63, 3.8) is 0 Å². The first kappa shape index (κ1) is 11.1. The van der Waals surface area contributed by atoms with E-state index in [2.05, 4.69) is 13.8 Å². The number of hydrogen-bond donors (Lipinski definition) is 0. The number of rotatable bonds is 2. The number of ketones is 1. The van der Waals surface area contributed by atoms with Crippen LogP contribution in [0.4, 0.5) is 0 Å². The lowest BCUT2D eigenvalue weighted by molar-refractivity contribution is -0.137. The number of ether oxygens (including phenoxy) is 2. The first-order chi connectivity index (χ1) is 7.08. The van der Waals surface area contributed by atoms with Gasteiger partial charge in [0.25, 0.3) is 0 Å². The molecule has 2 rings (SSSR count). The second-order valence-corrected chi connectivity index (χ2v) is 5.34. The second-order valence-electron chi connectivity index (χ2n) is 5.34. The maximum absolute atomic E-state index is 11.4. The van der Waals surface area contributed by atoms with Gasteiger partial charge in [-0.3, -0.25) is 4.79 Å². The maximum atomic E-state index is 11.4. The molecule has 1 heterocycles. The van der Waals surface area contributed by atoms with Crippen molar-refractivity contribution < 1.29 is 14.3 Å². The van der Waals surface area contributed by atoms with Crippen molar-refractivity contribution in [2.24, 2.45) is 5.41 Å². The average molecular weight is 212 g/mol. The van der Waals surface area contributed by atoms with E-state index in [1.54, 1.807) is 0 Å². The van der Waals surface area contributed by atoms with E-state index in [1.807, 2.05) is 0 Å². The fraction of sp³-hybridized carbons (Fsp3) is 0.917. The summed E-state index contributed by atoms with van der Waals surface area (Å²) < 4.78 is 11.3. The zero-order valence-corrected chi connectivity index (χ0v) is 9.62. The largest absolute Gasteiger partial charge is 0.379 e. The normalized spacial score (nSPS) is 35.7. The van der Waals surface area contributed by atoms with Gasteiger partial charge in [0.05, 0.1) is 18.8 Å². The lowest BCUT2D eigenvalue weighted by Gasteiger charge is -2.38. The third-order valence-corrected chi connectivity index (χ3v) is 3.58. The van der Waals surface area contributed by atoms with Gasteiger partial charge < -0.3 is 9.47 Å². The van der Waals surface area contributed by atoms with Gasteiger partial charge in [0, 0.05) is 19.4 Å². The molecule has 0 N–H and O–H groups in total. The summed E-state index contributed by atoms with van der Waals surface area (Å²) in [6.45, 7) is 5.88. The molecule has 15 heavy (non-hydrogen) atoms. The van der Waals surface area contributed by atoms with E-state index in [1.165, 1.54) is 0 Å². The fourth-order valence-electron chi connectivity index (χ4n) is 2.29. The van der Waals surface area contributed by atoms with E-state index in [9.17, 15) is 4.79 Å². The Morgan fingerprint density at radius 1 is 1.47 bits per heavy atom. The van der Waals surface area contributed by atoms with Crippen LogP contribution in [0.25, 0.3) is 0 Å². The number of carbonyl (C=O) groups is 1. The highest BCUT2D eigenvalue weighted by Crippen LogP contribution is 2.37. The van der Waals surface area contributed by atoms with Gasteiger partial charge in [-0.1, -0.05) is 13.8 Å². The Labute approximate surface area is 91.1 Å². The minimum absolute atomic E-state index is 0.0884. The summed E-state index contributed by atoms with van der Waals surface area (Å²) in [5.41, 5.74) is 0.135. The molecule has 0 radical (unpaired) electrons. The van der Waals surface area contributed by atoms with Crippen LogP contribution >= 0.6 is 0 Å². The zero-order chi connectivity index (χ0) is 10.9. The van der Waals surface area contributed by atoms with Gasteiger partial charge in [0.1, 0.15) is 5.78 Å². The Kier molecular flexibility index (Phi) is 3.12. The summed E-state index contributed by atoms with van der Waals surface area (Å²) >= 11 is 0. The van der Waals surface area contributed by atoms with Crippen LogP contribution in [-0.2, 0) is 14.3 Å². The van der Waals surface area contributed by atoms with E-state index in [0.29, 0.717) is 25.2 Å². The van der Waals surface area contributed by atoms with Gasteiger partial charge in [-0.05, 0) is 18.3 Å². The van der Waals surface area contributed by atoms with Crippen molar-refractivity contribution in [3.05, 3.63) is 0 Å². The van der Waals surface area contributed by atoms with E-state index in [0.717, 1.165) is 19.4 Å². The lowest BCUT2D eigenvalue weighted by atomic mass is 9.74. The molecule has 2 fully saturated rings. The quantitative estimate of drug-likeness (QED) is 0.701. The Hall–Kier alpha value is -0.410. The highest BCUT2D eigenvalue weighted by molar-refractivity contribution is 5.79. The molecule has 3 heteroatoms. The van der Waals surface area contributed by atoms with E-state index >= 15 is 0 Å². The van der Waals surface area contributed by atoms with Crippen LogP contribution in [0.2, 0.25) is 0 Å². The second kappa shape index (κ2) is 4.22. The number of carbonyl (C=O) groups excluding carboxylic acids is 1. The van der Waals surface area contributed by atoms with Crippen molar-refractivity contribution in [2.45, 2.75) is 51.7 Å². The first-order valence-corrected chi connectivity index (χ1v) is 5.83. The predicted octanol–water partition coefficient (Wildman–Crippen LogP) is 1.94. The Balaban J connectivity index is 1.94. The summed E-state index contributed by atoms with van der Waals surface area (Å²) in [4.78, 5) is 11.4. The summed E-state index contributed by atoms with van der Waals surface area (Å²) in [5.74, 6) is 0.346. The average Bonchev–Trinajstić information content (AvgIpc) is 2.65. The molecule has 0 aromatic heterocycles. The van der Waals surface area contributed by atoms with Crippen LogP contribution in [0, 0.1) is 5.41 Å². The molecule has 86 valence electrons. The van der Waals surface area contributed by atoms with Crippen LogP contribution in [0.3, 0.4) is 0 Å². The molecule has 1 aliphatic heterocycles. The van der Waals surface area contributed by atoms with Crippen molar-refractivity contribution >= 4 is 5.78 Å². The van der Waals surface area contributed by atoms with Gasteiger partial charge in [-0.25, -0.2) is 0 Å². The molecule has 2 unspecified atom stereocenters.